The number of carbonyl (C=O) groups excluding carboxylic acids is 1. The van der Waals surface area contributed by atoms with Crippen molar-refractivity contribution < 1.29 is 18.3 Å². The third-order valence-electron chi connectivity index (χ3n) is 2.16. The zero-order valence-corrected chi connectivity index (χ0v) is 10.4. The van der Waals surface area contributed by atoms with Crippen LogP contribution in [-0.4, -0.2) is 13.1 Å². The molecule has 0 bridgehead atoms. The topological polar surface area (TPSA) is 50.1 Å². The highest BCUT2D eigenvalue weighted by molar-refractivity contribution is 9.10. The van der Waals surface area contributed by atoms with Gasteiger partial charge in [-0.05, 0) is 21.5 Å². The third kappa shape index (κ3) is 3.01. The number of carbonyl (C=O) groups is 1. The highest BCUT2D eigenvalue weighted by Crippen LogP contribution is 2.31. The number of benzene rings is 1. The van der Waals surface area contributed by atoms with Crippen LogP contribution in [0.2, 0.25) is 0 Å². The Balaban J connectivity index is 3.21. The summed E-state index contributed by atoms with van der Waals surface area (Å²) in [4.78, 5) is 11.1. The van der Waals surface area contributed by atoms with Crippen LogP contribution in [0.5, 0.6) is 0 Å². The Morgan fingerprint density at radius 2 is 2.24 bits per heavy atom. The van der Waals surface area contributed by atoms with Gasteiger partial charge in [0.1, 0.15) is 6.07 Å². The van der Waals surface area contributed by atoms with Crippen LogP contribution < -0.4 is 0 Å². The molecule has 90 valence electrons. The SMILES string of the molecule is COC(=O)Cc1ccc(C(F)F)c(C#N)c1Br. The van der Waals surface area contributed by atoms with Crippen LogP contribution in [0.15, 0.2) is 16.6 Å². The van der Waals surface area contributed by atoms with E-state index in [-0.39, 0.29) is 22.0 Å². The molecule has 3 nitrogen and oxygen atoms in total. The summed E-state index contributed by atoms with van der Waals surface area (Å²) in [6.45, 7) is 0. The largest absolute Gasteiger partial charge is 0.469 e. The number of hydrogen-bond acceptors (Lipinski definition) is 3. The minimum absolute atomic E-state index is 0.0741. The van der Waals surface area contributed by atoms with Crippen molar-refractivity contribution in [2.24, 2.45) is 0 Å². The summed E-state index contributed by atoms with van der Waals surface area (Å²) in [7, 11) is 1.23. The smallest absolute Gasteiger partial charge is 0.310 e. The summed E-state index contributed by atoms with van der Waals surface area (Å²) in [5.41, 5.74) is -0.0628. The molecule has 0 unspecified atom stereocenters. The van der Waals surface area contributed by atoms with Gasteiger partial charge < -0.3 is 4.74 Å². The van der Waals surface area contributed by atoms with Gasteiger partial charge in [0, 0.05) is 10.0 Å². The highest BCUT2D eigenvalue weighted by Gasteiger charge is 2.18. The Morgan fingerprint density at radius 1 is 1.59 bits per heavy atom. The Bertz CT molecular complexity index is 483. The van der Waals surface area contributed by atoms with E-state index in [0.717, 1.165) is 6.07 Å². The lowest BCUT2D eigenvalue weighted by atomic mass is 10.0. The maximum atomic E-state index is 12.6. The average molecular weight is 304 g/mol. The van der Waals surface area contributed by atoms with E-state index in [1.165, 1.54) is 13.2 Å². The van der Waals surface area contributed by atoms with Crippen LogP contribution in [0.25, 0.3) is 0 Å². The van der Waals surface area contributed by atoms with Crippen molar-refractivity contribution in [3.8, 4) is 6.07 Å². The molecule has 0 fully saturated rings. The first-order valence-electron chi connectivity index (χ1n) is 4.57. The van der Waals surface area contributed by atoms with Crippen molar-refractivity contribution >= 4 is 21.9 Å². The minimum Gasteiger partial charge on any atom is -0.469 e. The summed E-state index contributed by atoms with van der Waals surface area (Å²) in [5.74, 6) is -0.501. The highest BCUT2D eigenvalue weighted by atomic mass is 79.9. The van der Waals surface area contributed by atoms with Crippen LogP contribution in [0, 0.1) is 11.3 Å². The summed E-state index contributed by atoms with van der Waals surface area (Å²) >= 11 is 3.05. The van der Waals surface area contributed by atoms with Crippen LogP contribution >= 0.6 is 15.9 Å². The zero-order chi connectivity index (χ0) is 13.0. The van der Waals surface area contributed by atoms with E-state index >= 15 is 0 Å². The van der Waals surface area contributed by atoms with E-state index in [9.17, 15) is 13.6 Å². The van der Waals surface area contributed by atoms with E-state index in [4.69, 9.17) is 5.26 Å². The lowest BCUT2D eigenvalue weighted by Gasteiger charge is -2.09. The van der Waals surface area contributed by atoms with Gasteiger partial charge in [-0.25, -0.2) is 8.78 Å². The molecule has 0 saturated carbocycles. The second-order valence-electron chi connectivity index (χ2n) is 3.17. The fourth-order valence-corrected chi connectivity index (χ4v) is 1.88. The van der Waals surface area contributed by atoms with E-state index in [1.807, 2.05) is 0 Å². The zero-order valence-electron chi connectivity index (χ0n) is 8.84. The molecule has 0 atom stereocenters. The summed E-state index contributed by atoms with van der Waals surface area (Å²) in [5, 5.41) is 8.83. The molecule has 0 amide bonds. The molecule has 1 aromatic rings. The van der Waals surface area contributed by atoms with Gasteiger partial charge in [0.2, 0.25) is 0 Å². The van der Waals surface area contributed by atoms with Crippen molar-refractivity contribution in [3.05, 3.63) is 33.3 Å². The van der Waals surface area contributed by atoms with E-state index in [1.54, 1.807) is 6.07 Å². The molecule has 17 heavy (non-hydrogen) atoms. The lowest BCUT2D eigenvalue weighted by molar-refractivity contribution is -0.139. The van der Waals surface area contributed by atoms with E-state index in [2.05, 4.69) is 20.7 Å². The Hall–Kier alpha value is -1.48. The molecular weight excluding hydrogens is 296 g/mol. The number of nitrogens with zero attached hydrogens (tertiary/aromatic N) is 1. The normalized spacial score (nSPS) is 10.1. The fraction of sp³-hybridized carbons (Fsp3) is 0.273. The number of nitriles is 1. The molecule has 0 aromatic heterocycles. The van der Waals surface area contributed by atoms with Gasteiger partial charge in [-0.1, -0.05) is 12.1 Å². The fourth-order valence-electron chi connectivity index (χ4n) is 1.29. The summed E-state index contributed by atoms with van der Waals surface area (Å²) in [6, 6.07) is 4.22. The monoisotopic (exact) mass is 303 g/mol. The first kappa shape index (κ1) is 13.6. The molecule has 6 heteroatoms. The molecule has 0 heterocycles. The van der Waals surface area contributed by atoms with Gasteiger partial charge in [0.25, 0.3) is 6.43 Å². The molecule has 1 rings (SSSR count). The number of hydrogen-bond donors (Lipinski definition) is 0. The molecule has 0 aliphatic rings. The van der Waals surface area contributed by atoms with Crippen molar-refractivity contribution in [3.63, 3.8) is 0 Å². The molecule has 0 aliphatic heterocycles. The maximum Gasteiger partial charge on any atom is 0.310 e. The third-order valence-corrected chi connectivity index (χ3v) is 3.07. The van der Waals surface area contributed by atoms with Gasteiger partial charge in [-0.15, -0.1) is 0 Å². The predicted octanol–water partition coefficient (Wildman–Crippen LogP) is 2.97. The Labute approximate surface area is 105 Å². The second-order valence-corrected chi connectivity index (χ2v) is 3.96. The van der Waals surface area contributed by atoms with E-state index in [0.29, 0.717) is 5.56 Å². The lowest BCUT2D eigenvalue weighted by Crippen LogP contribution is -2.06. The molecular formula is C11H8BrF2NO2. The van der Waals surface area contributed by atoms with Gasteiger partial charge in [-0.2, -0.15) is 5.26 Å². The molecule has 0 radical (unpaired) electrons. The molecule has 0 spiro atoms. The Kier molecular flexibility index (Phi) is 4.58. The predicted molar refractivity (Wildman–Crippen MR) is 59.5 cm³/mol. The number of rotatable bonds is 3. The summed E-state index contributed by atoms with van der Waals surface area (Å²) in [6.07, 6.45) is -2.80. The number of methoxy groups -OCH3 is 1. The van der Waals surface area contributed by atoms with Crippen molar-refractivity contribution in [2.45, 2.75) is 12.8 Å². The van der Waals surface area contributed by atoms with Crippen molar-refractivity contribution in [1.82, 2.24) is 0 Å². The molecule has 1 aromatic carbocycles. The average Bonchev–Trinajstić information content (AvgIpc) is 2.30. The number of esters is 1. The molecule has 0 saturated heterocycles. The van der Waals surface area contributed by atoms with Crippen LogP contribution in [0.3, 0.4) is 0 Å². The first-order chi connectivity index (χ1) is 8.01. The van der Waals surface area contributed by atoms with Gasteiger partial charge in [0.15, 0.2) is 0 Å². The quantitative estimate of drug-likeness (QED) is 0.807. The van der Waals surface area contributed by atoms with Crippen molar-refractivity contribution in [1.29, 1.82) is 5.26 Å². The first-order valence-corrected chi connectivity index (χ1v) is 5.36. The number of halogens is 3. The molecule has 0 N–H and O–H groups in total. The number of alkyl halides is 2. The van der Waals surface area contributed by atoms with Crippen molar-refractivity contribution in [2.75, 3.05) is 7.11 Å². The number of ether oxygens (including phenoxy) is 1. The summed E-state index contributed by atoms with van der Waals surface area (Å²) < 4.78 is 29.9. The van der Waals surface area contributed by atoms with Gasteiger partial charge in [0.05, 0.1) is 19.1 Å². The minimum atomic E-state index is -2.73. The molecule has 0 aliphatic carbocycles. The van der Waals surface area contributed by atoms with Crippen LogP contribution in [-0.2, 0) is 16.0 Å². The second kappa shape index (κ2) is 5.73. The Morgan fingerprint density at radius 3 is 2.71 bits per heavy atom. The van der Waals surface area contributed by atoms with Crippen LogP contribution in [0.4, 0.5) is 8.78 Å². The van der Waals surface area contributed by atoms with Gasteiger partial charge >= 0.3 is 5.97 Å². The van der Waals surface area contributed by atoms with Crippen LogP contribution in [0.1, 0.15) is 23.1 Å². The standard InChI is InChI=1S/C11H8BrF2NO2/c1-17-9(16)4-6-2-3-7(11(13)14)8(5-15)10(6)12/h2-3,11H,4H2,1H3. The maximum absolute atomic E-state index is 12.6. The van der Waals surface area contributed by atoms with Gasteiger partial charge in [-0.3, -0.25) is 4.79 Å². The van der Waals surface area contributed by atoms with E-state index < -0.39 is 12.4 Å².